The Morgan fingerprint density at radius 1 is 0.927 bits per heavy atom. The largest absolute Gasteiger partial charge is 0.346 e. The lowest BCUT2D eigenvalue weighted by Gasteiger charge is -2.46. The fraction of sp³-hybridized carbons (Fsp3) is 0.344. The van der Waals surface area contributed by atoms with E-state index in [1.54, 1.807) is 38.4 Å². The van der Waals surface area contributed by atoms with Crippen molar-refractivity contribution in [1.82, 2.24) is 15.1 Å². The van der Waals surface area contributed by atoms with E-state index in [2.05, 4.69) is 16.3 Å². The fourth-order valence-corrected chi connectivity index (χ4v) is 6.37. The highest BCUT2D eigenvalue weighted by molar-refractivity contribution is 6.42. The van der Waals surface area contributed by atoms with Gasteiger partial charge in [0.1, 0.15) is 0 Å². The number of likely N-dealkylation sites (tertiary alicyclic amines) is 1. The number of nitrogens with one attached hydrogen (secondary N) is 1. The maximum atomic E-state index is 13.4. The highest BCUT2D eigenvalue weighted by Crippen LogP contribution is 2.38. The molecule has 0 unspecified atom stereocenters. The molecule has 3 amide bonds. The number of benzene rings is 3. The Bertz CT molecular complexity index is 1440. The van der Waals surface area contributed by atoms with E-state index in [0.717, 1.165) is 37.1 Å². The summed E-state index contributed by atoms with van der Waals surface area (Å²) >= 11 is 12.6. The molecule has 2 aliphatic rings. The summed E-state index contributed by atoms with van der Waals surface area (Å²) in [6, 6.07) is 22.2. The molecule has 0 aliphatic carbocycles. The van der Waals surface area contributed by atoms with E-state index >= 15 is 0 Å². The number of anilines is 1. The van der Waals surface area contributed by atoms with Crippen molar-refractivity contribution < 1.29 is 14.4 Å². The molecule has 1 N–H and O–H groups in total. The number of amides is 3. The Hall–Kier alpha value is -3.39. The maximum Gasteiger partial charge on any atom is 0.316 e. The van der Waals surface area contributed by atoms with Gasteiger partial charge in [-0.15, -0.1) is 0 Å². The Morgan fingerprint density at radius 3 is 2.32 bits per heavy atom. The lowest BCUT2D eigenvalue weighted by molar-refractivity contribution is -0.145. The van der Waals surface area contributed by atoms with Gasteiger partial charge in [0.25, 0.3) is 0 Å². The van der Waals surface area contributed by atoms with Crippen molar-refractivity contribution in [3.05, 3.63) is 99.5 Å². The van der Waals surface area contributed by atoms with Crippen LogP contribution in [-0.2, 0) is 26.3 Å². The number of piperidine rings is 1. The number of rotatable bonds is 6. The summed E-state index contributed by atoms with van der Waals surface area (Å²) < 4.78 is 0. The highest BCUT2D eigenvalue weighted by atomic mass is 35.5. The van der Waals surface area contributed by atoms with Crippen LogP contribution in [0.1, 0.15) is 42.0 Å². The minimum atomic E-state index is -0.615. The molecule has 0 radical (unpaired) electrons. The van der Waals surface area contributed by atoms with Gasteiger partial charge in [0, 0.05) is 39.4 Å². The van der Waals surface area contributed by atoms with Crippen LogP contribution in [0.4, 0.5) is 5.69 Å². The van der Waals surface area contributed by atoms with Gasteiger partial charge in [-0.1, -0.05) is 71.7 Å². The van der Waals surface area contributed by atoms with Crippen molar-refractivity contribution in [2.75, 3.05) is 38.6 Å². The highest BCUT2D eigenvalue weighted by Gasteiger charge is 2.41. The number of carbonyl (C=O) groups is 3. The molecule has 1 atom stereocenters. The van der Waals surface area contributed by atoms with E-state index < -0.39 is 17.9 Å². The van der Waals surface area contributed by atoms with Gasteiger partial charge in [-0.05, 0) is 60.2 Å². The van der Waals surface area contributed by atoms with Gasteiger partial charge in [0.05, 0.1) is 28.0 Å². The normalized spacial score (nSPS) is 16.9. The molecule has 0 saturated carbocycles. The van der Waals surface area contributed by atoms with E-state index in [-0.39, 0.29) is 11.4 Å². The lowest BCUT2D eigenvalue weighted by Crippen LogP contribution is -2.56. The summed E-state index contributed by atoms with van der Waals surface area (Å²) in [4.78, 5) is 44.4. The van der Waals surface area contributed by atoms with Gasteiger partial charge >= 0.3 is 11.8 Å². The van der Waals surface area contributed by atoms with Crippen LogP contribution >= 0.6 is 23.2 Å². The van der Waals surface area contributed by atoms with Crippen molar-refractivity contribution in [3.63, 3.8) is 0 Å². The molecule has 214 valence electrons. The summed E-state index contributed by atoms with van der Waals surface area (Å²) in [7, 11) is 3.26. The van der Waals surface area contributed by atoms with Crippen LogP contribution in [0.15, 0.2) is 72.8 Å². The third kappa shape index (κ3) is 6.13. The molecule has 5 rings (SSSR count). The zero-order valence-corrected chi connectivity index (χ0v) is 24.8. The number of nitrogens with zero attached hydrogens (tertiary/aromatic N) is 3. The monoisotopic (exact) mass is 592 g/mol. The number of fused-ring (bicyclic) bond motifs is 2. The smallest absolute Gasteiger partial charge is 0.316 e. The van der Waals surface area contributed by atoms with Gasteiger partial charge in [-0.2, -0.15) is 0 Å². The second kappa shape index (κ2) is 12.2. The number of hydrogen-bond acceptors (Lipinski definition) is 4. The Labute approximate surface area is 251 Å². The molecule has 2 heterocycles. The first-order valence-electron chi connectivity index (χ1n) is 13.8. The summed E-state index contributed by atoms with van der Waals surface area (Å²) in [5, 5.41) is 4.12. The number of halogens is 2. The van der Waals surface area contributed by atoms with Crippen LogP contribution in [0.5, 0.6) is 0 Å². The van der Waals surface area contributed by atoms with Crippen LogP contribution in [0.2, 0.25) is 10.0 Å². The lowest BCUT2D eigenvalue weighted by atomic mass is 9.75. The second-order valence-corrected chi connectivity index (χ2v) is 11.7. The standard InChI is InChI=1S/C32H34Cl2N4O3/c1-36(24-9-4-3-5-10-24)30(40)31(41)37(2)28(23-12-13-26(33)27(34)20-23)14-17-38-18-15-32(16-19-38)25-11-7-6-8-22(25)21-29(39)35-32/h3-13,20,28H,14-19,21H2,1-2H3,(H,35,39)/t28-/m0/s1. The number of likely N-dealkylation sites (N-methyl/N-ethyl adjacent to an activating group) is 2. The second-order valence-electron chi connectivity index (χ2n) is 10.9. The minimum Gasteiger partial charge on any atom is -0.346 e. The van der Waals surface area contributed by atoms with Crippen LogP contribution in [0, 0.1) is 0 Å². The quantitative estimate of drug-likeness (QED) is 0.399. The van der Waals surface area contributed by atoms with Gasteiger partial charge in [-0.25, -0.2) is 0 Å². The zero-order chi connectivity index (χ0) is 29.1. The van der Waals surface area contributed by atoms with Crippen molar-refractivity contribution in [1.29, 1.82) is 0 Å². The number of para-hydroxylation sites is 1. The molecule has 7 nitrogen and oxygen atoms in total. The van der Waals surface area contributed by atoms with Crippen molar-refractivity contribution in [2.24, 2.45) is 0 Å². The predicted octanol–water partition coefficient (Wildman–Crippen LogP) is 5.21. The Morgan fingerprint density at radius 2 is 1.61 bits per heavy atom. The SMILES string of the molecule is CN(C(=O)C(=O)N(C)[C@@H](CCN1CCC2(CC1)NC(=O)Cc1ccccc12)c1ccc(Cl)c(Cl)c1)c1ccccc1. The predicted molar refractivity (Wildman–Crippen MR) is 162 cm³/mol. The first-order valence-corrected chi connectivity index (χ1v) is 14.6. The summed E-state index contributed by atoms with van der Waals surface area (Å²) in [6.07, 6.45) is 2.63. The van der Waals surface area contributed by atoms with Gasteiger partial charge in [-0.3, -0.25) is 14.4 Å². The summed E-state index contributed by atoms with van der Waals surface area (Å²) in [5.41, 5.74) is 3.44. The van der Waals surface area contributed by atoms with E-state index in [1.807, 2.05) is 42.5 Å². The fourth-order valence-electron chi connectivity index (χ4n) is 6.06. The van der Waals surface area contributed by atoms with E-state index in [4.69, 9.17) is 23.2 Å². The van der Waals surface area contributed by atoms with E-state index in [9.17, 15) is 14.4 Å². The molecule has 9 heteroatoms. The van der Waals surface area contributed by atoms with Gasteiger partial charge in [0.15, 0.2) is 0 Å². The van der Waals surface area contributed by atoms with Crippen molar-refractivity contribution >= 4 is 46.6 Å². The molecule has 1 spiro atoms. The molecule has 3 aromatic rings. The molecular formula is C32H34Cl2N4O3. The van der Waals surface area contributed by atoms with Gasteiger partial charge in [0.2, 0.25) is 5.91 Å². The number of carbonyl (C=O) groups excluding carboxylic acids is 3. The third-order valence-electron chi connectivity index (χ3n) is 8.44. The van der Waals surface area contributed by atoms with Crippen molar-refractivity contribution in [3.8, 4) is 0 Å². The molecule has 0 bridgehead atoms. The third-order valence-corrected chi connectivity index (χ3v) is 9.18. The average Bonchev–Trinajstić information content (AvgIpc) is 2.99. The van der Waals surface area contributed by atoms with Crippen LogP contribution in [0.3, 0.4) is 0 Å². The molecule has 0 aromatic heterocycles. The molecule has 1 saturated heterocycles. The van der Waals surface area contributed by atoms with Gasteiger partial charge < -0.3 is 20.0 Å². The summed E-state index contributed by atoms with van der Waals surface area (Å²) in [5.74, 6) is -1.15. The Balaban J connectivity index is 1.30. The molecule has 41 heavy (non-hydrogen) atoms. The first kappa shape index (κ1) is 29.1. The maximum absolute atomic E-state index is 13.4. The van der Waals surface area contributed by atoms with E-state index in [0.29, 0.717) is 35.1 Å². The van der Waals surface area contributed by atoms with Crippen molar-refractivity contribution in [2.45, 2.75) is 37.3 Å². The zero-order valence-electron chi connectivity index (χ0n) is 23.3. The minimum absolute atomic E-state index is 0.0714. The summed E-state index contributed by atoms with van der Waals surface area (Å²) in [6.45, 7) is 2.31. The molecule has 1 fully saturated rings. The average molecular weight is 594 g/mol. The first-order chi connectivity index (χ1) is 19.7. The molecular weight excluding hydrogens is 559 g/mol. The van der Waals surface area contributed by atoms with Crippen LogP contribution in [0.25, 0.3) is 0 Å². The number of hydrogen-bond donors (Lipinski definition) is 1. The van der Waals surface area contributed by atoms with Crippen LogP contribution in [-0.4, -0.2) is 61.3 Å². The molecule has 3 aromatic carbocycles. The van der Waals surface area contributed by atoms with Crippen LogP contribution < -0.4 is 10.2 Å². The van der Waals surface area contributed by atoms with E-state index in [1.165, 1.54) is 15.4 Å². The molecule has 2 aliphatic heterocycles. The Kier molecular flexibility index (Phi) is 8.68. The topological polar surface area (TPSA) is 73.0 Å².